The fourth-order valence-electron chi connectivity index (χ4n) is 1.69. The van der Waals surface area contributed by atoms with Crippen LogP contribution in [0, 0.1) is 17.5 Å². The molecule has 96 valence electrons. The predicted octanol–water partition coefficient (Wildman–Crippen LogP) is 2.70. The van der Waals surface area contributed by atoms with Gasteiger partial charge in [-0.25, -0.2) is 18.2 Å². The van der Waals surface area contributed by atoms with Crippen LogP contribution in [0.15, 0.2) is 24.7 Å². The lowest BCUT2D eigenvalue weighted by molar-refractivity contribution is 0.492. The zero-order chi connectivity index (χ0) is 13.3. The molecule has 0 fully saturated rings. The summed E-state index contributed by atoms with van der Waals surface area (Å²) in [6.45, 7) is 1.86. The second-order valence-electron chi connectivity index (χ2n) is 3.92. The summed E-state index contributed by atoms with van der Waals surface area (Å²) in [5.41, 5.74) is 6.28. The first kappa shape index (κ1) is 12.6. The molecule has 0 unspecified atom stereocenters. The molecule has 0 amide bonds. The first-order valence-electron chi connectivity index (χ1n) is 5.47. The maximum Gasteiger partial charge on any atom is 0.161 e. The Balaban J connectivity index is 2.56. The van der Waals surface area contributed by atoms with Crippen LogP contribution in [0.3, 0.4) is 0 Å². The van der Waals surface area contributed by atoms with Gasteiger partial charge < -0.3 is 5.73 Å². The smallest absolute Gasteiger partial charge is 0.161 e. The van der Waals surface area contributed by atoms with Gasteiger partial charge in [0.25, 0.3) is 0 Å². The Kier molecular flexibility index (Phi) is 3.38. The molecule has 1 atom stereocenters. The van der Waals surface area contributed by atoms with Crippen LogP contribution in [-0.2, 0) is 0 Å². The lowest BCUT2D eigenvalue weighted by Crippen LogP contribution is -2.14. The largest absolute Gasteiger partial charge is 0.323 e. The van der Waals surface area contributed by atoms with Gasteiger partial charge in [-0.1, -0.05) is 6.92 Å². The van der Waals surface area contributed by atoms with Gasteiger partial charge >= 0.3 is 0 Å². The molecule has 1 heterocycles. The van der Waals surface area contributed by atoms with E-state index in [-0.39, 0.29) is 11.7 Å². The average molecular weight is 255 g/mol. The Labute approximate surface area is 102 Å². The summed E-state index contributed by atoms with van der Waals surface area (Å²) in [6.07, 6.45) is 3.42. The van der Waals surface area contributed by atoms with Crippen molar-refractivity contribution in [3.63, 3.8) is 0 Å². The Morgan fingerprint density at radius 3 is 2.56 bits per heavy atom. The van der Waals surface area contributed by atoms with Crippen molar-refractivity contribution in [2.24, 2.45) is 5.73 Å². The van der Waals surface area contributed by atoms with Crippen molar-refractivity contribution in [2.45, 2.75) is 19.4 Å². The summed E-state index contributed by atoms with van der Waals surface area (Å²) in [4.78, 5) is 3.86. The van der Waals surface area contributed by atoms with Crippen molar-refractivity contribution in [2.75, 3.05) is 0 Å². The molecule has 0 saturated carbocycles. The molecule has 0 aliphatic rings. The highest BCUT2D eigenvalue weighted by Crippen LogP contribution is 2.22. The van der Waals surface area contributed by atoms with E-state index < -0.39 is 17.5 Å². The lowest BCUT2D eigenvalue weighted by atomic mass is 10.1. The highest BCUT2D eigenvalue weighted by Gasteiger charge is 2.16. The van der Waals surface area contributed by atoms with Gasteiger partial charge in [-0.05, 0) is 6.42 Å². The summed E-state index contributed by atoms with van der Waals surface area (Å²) in [5, 5.41) is 0. The topological polar surface area (TPSA) is 43.8 Å². The summed E-state index contributed by atoms with van der Waals surface area (Å²) >= 11 is 0. The maximum atomic E-state index is 13.6. The van der Waals surface area contributed by atoms with E-state index in [1.165, 1.54) is 17.1 Å². The third-order valence-corrected chi connectivity index (χ3v) is 2.74. The fourth-order valence-corrected chi connectivity index (χ4v) is 1.69. The van der Waals surface area contributed by atoms with E-state index in [9.17, 15) is 13.2 Å². The molecular formula is C12H12F3N3. The van der Waals surface area contributed by atoms with Crippen LogP contribution in [0.2, 0.25) is 0 Å². The number of aromatic nitrogens is 2. The fraction of sp³-hybridized carbons (Fsp3) is 0.250. The minimum absolute atomic E-state index is 0.106. The number of hydrogen-bond donors (Lipinski definition) is 1. The van der Waals surface area contributed by atoms with Crippen molar-refractivity contribution in [1.29, 1.82) is 0 Å². The first-order chi connectivity index (χ1) is 8.54. The molecule has 0 saturated heterocycles. The SMILES string of the molecule is CC[C@@H](N)c1cncn1-c1cc(F)c(F)cc1F. The highest BCUT2D eigenvalue weighted by molar-refractivity contribution is 5.37. The number of hydrogen-bond acceptors (Lipinski definition) is 2. The summed E-state index contributed by atoms with van der Waals surface area (Å²) in [5.74, 6) is -3.20. The number of nitrogens with two attached hydrogens (primary N) is 1. The standard InChI is InChI=1S/C12H12F3N3/c1-2-10(16)12-5-17-6-18(12)11-4-8(14)7(13)3-9(11)15/h3-6,10H,2,16H2,1H3/t10-/m1/s1. The van der Waals surface area contributed by atoms with Crippen LogP contribution in [0.4, 0.5) is 13.2 Å². The number of imidazole rings is 1. The summed E-state index contributed by atoms with van der Waals surface area (Å²) in [7, 11) is 0. The second-order valence-corrected chi connectivity index (χ2v) is 3.92. The third-order valence-electron chi connectivity index (χ3n) is 2.74. The van der Waals surface area contributed by atoms with Crippen molar-refractivity contribution in [3.8, 4) is 5.69 Å². The van der Waals surface area contributed by atoms with E-state index in [2.05, 4.69) is 4.98 Å². The van der Waals surface area contributed by atoms with Crippen molar-refractivity contribution < 1.29 is 13.2 Å². The molecule has 0 aliphatic carbocycles. The van der Waals surface area contributed by atoms with E-state index in [1.54, 1.807) is 0 Å². The zero-order valence-corrected chi connectivity index (χ0v) is 9.70. The average Bonchev–Trinajstić information content (AvgIpc) is 2.81. The van der Waals surface area contributed by atoms with E-state index in [4.69, 9.17) is 5.73 Å². The molecule has 0 bridgehead atoms. The summed E-state index contributed by atoms with van der Waals surface area (Å²) < 4.78 is 41.0. The Bertz CT molecular complexity index is 566. The molecule has 2 rings (SSSR count). The van der Waals surface area contributed by atoms with Crippen molar-refractivity contribution >= 4 is 0 Å². The van der Waals surface area contributed by atoms with Gasteiger partial charge in [0.15, 0.2) is 11.6 Å². The molecule has 6 heteroatoms. The lowest BCUT2D eigenvalue weighted by Gasteiger charge is -2.13. The van der Waals surface area contributed by atoms with Gasteiger partial charge in [0.1, 0.15) is 5.82 Å². The predicted molar refractivity (Wildman–Crippen MR) is 60.7 cm³/mol. The highest BCUT2D eigenvalue weighted by atomic mass is 19.2. The molecule has 2 N–H and O–H groups in total. The monoisotopic (exact) mass is 255 g/mol. The second kappa shape index (κ2) is 4.81. The van der Waals surface area contributed by atoms with Crippen molar-refractivity contribution in [3.05, 3.63) is 47.8 Å². The van der Waals surface area contributed by atoms with Gasteiger partial charge in [-0.15, -0.1) is 0 Å². The normalized spacial score (nSPS) is 12.7. The molecular weight excluding hydrogens is 243 g/mol. The number of halogens is 3. The van der Waals surface area contributed by atoms with Gasteiger partial charge in [-0.2, -0.15) is 0 Å². The van der Waals surface area contributed by atoms with Crippen LogP contribution in [0.25, 0.3) is 5.69 Å². The third kappa shape index (κ3) is 2.11. The molecule has 1 aromatic heterocycles. The van der Waals surface area contributed by atoms with Crippen LogP contribution in [0.5, 0.6) is 0 Å². The van der Waals surface area contributed by atoms with Crippen LogP contribution in [0.1, 0.15) is 25.1 Å². The van der Waals surface area contributed by atoms with Gasteiger partial charge in [0.05, 0.1) is 23.9 Å². The van der Waals surface area contributed by atoms with Gasteiger partial charge in [0.2, 0.25) is 0 Å². The van der Waals surface area contributed by atoms with Gasteiger partial charge in [-0.3, -0.25) is 4.57 Å². The maximum absolute atomic E-state index is 13.6. The van der Waals surface area contributed by atoms with E-state index in [1.807, 2.05) is 6.92 Å². The first-order valence-corrected chi connectivity index (χ1v) is 5.47. The molecule has 1 aromatic carbocycles. The van der Waals surface area contributed by atoms with E-state index in [0.717, 1.165) is 6.07 Å². The molecule has 2 aromatic rings. The minimum atomic E-state index is -1.22. The number of nitrogens with zero attached hydrogens (tertiary/aromatic N) is 2. The van der Waals surface area contributed by atoms with Crippen molar-refractivity contribution in [1.82, 2.24) is 9.55 Å². The Morgan fingerprint density at radius 1 is 1.22 bits per heavy atom. The molecule has 0 radical (unpaired) electrons. The van der Waals surface area contributed by atoms with Crippen LogP contribution >= 0.6 is 0 Å². The Morgan fingerprint density at radius 2 is 1.89 bits per heavy atom. The molecule has 3 nitrogen and oxygen atoms in total. The molecule has 0 aliphatic heterocycles. The quantitative estimate of drug-likeness (QED) is 0.857. The molecule has 18 heavy (non-hydrogen) atoms. The summed E-state index contributed by atoms with van der Waals surface area (Å²) in [6, 6.07) is 0.949. The van der Waals surface area contributed by atoms with E-state index >= 15 is 0 Å². The van der Waals surface area contributed by atoms with Crippen LogP contribution < -0.4 is 5.73 Å². The van der Waals surface area contributed by atoms with Gasteiger partial charge in [0, 0.05) is 18.2 Å². The van der Waals surface area contributed by atoms with Crippen LogP contribution in [-0.4, -0.2) is 9.55 Å². The molecule has 0 spiro atoms. The zero-order valence-electron chi connectivity index (χ0n) is 9.70. The number of benzene rings is 1. The number of rotatable bonds is 3. The Hall–Kier alpha value is -1.82. The minimum Gasteiger partial charge on any atom is -0.323 e. The van der Waals surface area contributed by atoms with E-state index in [0.29, 0.717) is 18.2 Å².